The Labute approximate surface area is 143 Å². The van der Waals surface area contributed by atoms with E-state index in [9.17, 15) is 4.79 Å². The summed E-state index contributed by atoms with van der Waals surface area (Å²) >= 11 is 0. The van der Waals surface area contributed by atoms with Crippen LogP contribution in [-0.4, -0.2) is 65.0 Å². The number of likely N-dealkylation sites (N-methyl/N-ethyl adjacent to an activating group) is 1. The molecule has 0 unspecified atom stereocenters. The summed E-state index contributed by atoms with van der Waals surface area (Å²) in [5.41, 5.74) is 5.97. The second-order valence-corrected chi connectivity index (χ2v) is 2.58. The van der Waals surface area contributed by atoms with Crippen LogP contribution in [0.1, 0.15) is 19.4 Å². The topological polar surface area (TPSA) is 55.1 Å². The summed E-state index contributed by atoms with van der Waals surface area (Å²) in [6.07, 6.45) is 0. The zero-order valence-corrected chi connectivity index (χ0v) is 15.2. The molecule has 1 aromatic rings. The van der Waals surface area contributed by atoms with Crippen LogP contribution in [0.25, 0.3) is 0 Å². The van der Waals surface area contributed by atoms with Crippen molar-refractivity contribution >= 4 is 51.4 Å². The molecule has 0 saturated carbocycles. The summed E-state index contributed by atoms with van der Waals surface area (Å²) in [6.45, 7) is 6.32. The van der Waals surface area contributed by atoms with Crippen LogP contribution in [-0.2, 0) is 4.79 Å². The summed E-state index contributed by atoms with van der Waals surface area (Å²) in [6, 6.07) is 10.8. The number of amides is 1. The predicted molar refractivity (Wildman–Crippen MR) is 76.7 cm³/mol. The minimum absolute atomic E-state index is 0. The Morgan fingerprint density at radius 2 is 2.00 bits per heavy atom. The Morgan fingerprint density at radius 1 is 1.47 bits per heavy atom. The van der Waals surface area contributed by atoms with E-state index in [1.165, 1.54) is 5.56 Å². The first-order valence-corrected chi connectivity index (χ1v) is 5.02. The van der Waals surface area contributed by atoms with Crippen molar-refractivity contribution in [2.45, 2.75) is 20.8 Å². The first-order valence-electron chi connectivity index (χ1n) is 5.02. The maximum absolute atomic E-state index is 9.76. The summed E-state index contributed by atoms with van der Waals surface area (Å²) in [4.78, 5) is 9.76. The van der Waals surface area contributed by atoms with Crippen molar-refractivity contribution < 1.29 is 4.79 Å². The van der Waals surface area contributed by atoms with Crippen LogP contribution in [0.4, 0.5) is 0 Å². The van der Waals surface area contributed by atoms with Gasteiger partial charge in [-0.25, -0.2) is 0 Å². The number of nitrogens with two attached hydrogens (primary N) is 1. The number of hydrogen-bond donors (Lipinski definition) is 2. The predicted octanol–water partition coefficient (Wildman–Crippen LogP) is 1.58. The maximum Gasteiger partial charge on any atom is 2.00 e. The largest absolute Gasteiger partial charge is 2.00 e. The van der Waals surface area contributed by atoms with Gasteiger partial charge in [0.25, 0.3) is 0 Å². The second kappa shape index (κ2) is 21.4. The normalized spacial score (nSPS) is 6.82. The Kier molecular flexibility index (Phi) is 32.6. The van der Waals surface area contributed by atoms with Gasteiger partial charge in [-0.2, -0.15) is 35.9 Å². The SMILES string of the molecule is CC.CNCC(N)=O.Cc1c[c-]ccc1.[CH3-].[Sr+2]. The monoisotopic (exact) mass is 312 g/mol. The fraction of sp³-hybridized carbons (Fsp3) is 0.385. The molecule has 0 aliphatic heterocycles. The molecule has 0 spiro atoms. The van der Waals surface area contributed by atoms with Crippen molar-refractivity contribution in [3.05, 3.63) is 43.3 Å². The minimum atomic E-state index is -0.322. The van der Waals surface area contributed by atoms with Gasteiger partial charge in [0.05, 0.1) is 6.54 Å². The van der Waals surface area contributed by atoms with Gasteiger partial charge >= 0.3 is 45.5 Å². The van der Waals surface area contributed by atoms with Crippen LogP contribution >= 0.6 is 0 Å². The van der Waals surface area contributed by atoms with Crippen molar-refractivity contribution in [2.24, 2.45) is 5.73 Å². The summed E-state index contributed by atoms with van der Waals surface area (Å²) < 4.78 is 0. The molecule has 1 rings (SSSR count). The molecule has 94 valence electrons. The zero-order valence-electron chi connectivity index (χ0n) is 11.7. The Hall–Kier alpha value is 0.131. The molecule has 4 heteroatoms. The first-order chi connectivity index (χ1) is 7.16. The van der Waals surface area contributed by atoms with Gasteiger partial charge in [-0.05, 0) is 7.05 Å². The van der Waals surface area contributed by atoms with E-state index in [-0.39, 0.29) is 65.4 Å². The number of aryl methyl sites for hydroxylation is 1. The fourth-order valence-corrected chi connectivity index (χ4v) is 0.657. The van der Waals surface area contributed by atoms with Gasteiger partial charge in [0, 0.05) is 0 Å². The third-order valence-electron chi connectivity index (χ3n) is 1.21. The molecule has 1 amide bonds. The van der Waals surface area contributed by atoms with Gasteiger partial charge in [0.1, 0.15) is 0 Å². The smallest absolute Gasteiger partial charge is 0.369 e. The first kappa shape index (κ1) is 25.9. The van der Waals surface area contributed by atoms with Crippen LogP contribution < -0.4 is 11.1 Å². The van der Waals surface area contributed by atoms with Gasteiger partial charge in [0.15, 0.2) is 0 Å². The molecule has 0 aromatic heterocycles. The van der Waals surface area contributed by atoms with Crippen molar-refractivity contribution in [1.29, 1.82) is 0 Å². The van der Waals surface area contributed by atoms with Crippen LogP contribution in [0.3, 0.4) is 0 Å². The third-order valence-corrected chi connectivity index (χ3v) is 1.21. The number of nitrogens with one attached hydrogen (secondary N) is 1. The number of hydrogen-bond acceptors (Lipinski definition) is 2. The second-order valence-electron chi connectivity index (χ2n) is 2.58. The van der Waals surface area contributed by atoms with Crippen molar-refractivity contribution in [1.82, 2.24) is 5.32 Å². The van der Waals surface area contributed by atoms with E-state index in [0.717, 1.165) is 0 Å². The van der Waals surface area contributed by atoms with E-state index in [1.807, 2.05) is 32.0 Å². The van der Waals surface area contributed by atoms with Crippen molar-refractivity contribution in [3.63, 3.8) is 0 Å². The number of carbonyl (C=O) groups is 1. The Balaban J connectivity index is -0.0000000794. The molecule has 0 saturated heterocycles. The molecule has 3 N–H and O–H groups in total. The van der Waals surface area contributed by atoms with Gasteiger partial charge < -0.3 is 18.5 Å². The molecule has 0 fully saturated rings. The molecule has 17 heavy (non-hydrogen) atoms. The number of benzene rings is 1. The molecule has 0 heterocycles. The maximum atomic E-state index is 9.76. The molecule has 0 atom stereocenters. The third kappa shape index (κ3) is 26.0. The molecule has 3 nitrogen and oxygen atoms in total. The van der Waals surface area contributed by atoms with E-state index < -0.39 is 0 Å². The van der Waals surface area contributed by atoms with Crippen LogP contribution in [0, 0.1) is 20.4 Å². The molecule has 0 aliphatic carbocycles. The number of rotatable bonds is 2. The molecule has 1 aromatic carbocycles. The molecule has 0 bridgehead atoms. The minimum Gasteiger partial charge on any atom is -0.369 e. The van der Waals surface area contributed by atoms with E-state index in [0.29, 0.717) is 0 Å². The number of carbonyl (C=O) groups excluding carboxylic acids is 1. The summed E-state index contributed by atoms with van der Waals surface area (Å²) in [7, 11) is 1.67. The molecular formula is C13H24N2OSr. The van der Waals surface area contributed by atoms with E-state index in [2.05, 4.69) is 24.4 Å². The summed E-state index contributed by atoms with van der Waals surface area (Å²) in [5, 5.41) is 2.59. The average molecular weight is 312 g/mol. The van der Waals surface area contributed by atoms with Crippen molar-refractivity contribution in [3.8, 4) is 0 Å². The van der Waals surface area contributed by atoms with E-state index in [4.69, 9.17) is 5.73 Å². The fourth-order valence-electron chi connectivity index (χ4n) is 0.657. The van der Waals surface area contributed by atoms with Crippen LogP contribution in [0.5, 0.6) is 0 Å². The van der Waals surface area contributed by atoms with Crippen LogP contribution in [0.2, 0.25) is 0 Å². The molecule has 0 aliphatic rings. The summed E-state index contributed by atoms with van der Waals surface area (Å²) in [5.74, 6) is -0.322. The Bertz CT molecular complexity index is 240. The van der Waals surface area contributed by atoms with Gasteiger partial charge in [-0.3, -0.25) is 4.79 Å². The van der Waals surface area contributed by atoms with Gasteiger partial charge in [-0.1, -0.05) is 20.8 Å². The number of primary amides is 1. The Morgan fingerprint density at radius 3 is 2.12 bits per heavy atom. The van der Waals surface area contributed by atoms with Gasteiger partial charge in [-0.15, -0.1) is 0 Å². The molecule has 0 radical (unpaired) electrons. The van der Waals surface area contributed by atoms with Crippen LogP contribution in [0.15, 0.2) is 24.3 Å². The quantitative estimate of drug-likeness (QED) is 0.643. The zero-order chi connectivity index (χ0) is 12.1. The van der Waals surface area contributed by atoms with E-state index >= 15 is 0 Å². The van der Waals surface area contributed by atoms with Gasteiger partial charge in [0.2, 0.25) is 5.91 Å². The molecular weight excluding hydrogens is 288 g/mol. The average Bonchev–Trinajstić information content (AvgIpc) is 2.22. The van der Waals surface area contributed by atoms with E-state index in [1.54, 1.807) is 7.05 Å². The standard InChI is InChI=1S/C7H7.C3H8N2O.C2H6.CH3.Sr/c1-7-5-3-2-4-6-7;1-5-2-3(4)6;1-2;;/h2-3,5-6H,1H3;5H,2H2,1H3,(H2,4,6);1-2H3;1H3;/q-1;;;-1;+2. The van der Waals surface area contributed by atoms with Crippen molar-refractivity contribution in [2.75, 3.05) is 13.6 Å².